The largest absolute Gasteiger partial charge is 0.392 e. The quantitative estimate of drug-likeness (QED) is 0.445. The summed E-state index contributed by atoms with van der Waals surface area (Å²) in [4.78, 5) is 23.8. The van der Waals surface area contributed by atoms with Crippen LogP contribution in [0.25, 0.3) is 0 Å². The van der Waals surface area contributed by atoms with Gasteiger partial charge in [0.1, 0.15) is 6.04 Å². The molecule has 0 amide bonds. The van der Waals surface area contributed by atoms with E-state index in [1.807, 2.05) is 6.92 Å². The highest BCUT2D eigenvalue weighted by Crippen LogP contribution is 2.42. The van der Waals surface area contributed by atoms with Crippen LogP contribution in [-0.2, 0) is 14.3 Å². The third-order valence-electron chi connectivity index (χ3n) is 3.91. The molecule has 2 rings (SSSR count). The lowest BCUT2D eigenvalue weighted by atomic mass is 9.88. The smallest absolute Gasteiger partial charge is 0.330 e. The van der Waals surface area contributed by atoms with Crippen LogP contribution in [0.15, 0.2) is 0 Å². The first-order valence-electron chi connectivity index (χ1n) is 6.21. The SMILES string of the molecule is CC1(C(=O)OC(=O)[C@@H]2CCCN2)CCCC1S. The Labute approximate surface area is 107 Å². The van der Waals surface area contributed by atoms with Crippen LogP contribution in [0.2, 0.25) is 0 Å². The molecule has 1 saturated carbocycles. The van der Waals surface area contributed by atoms with E-state index >= 15 is 0 Å². The molecule has 5 heteroatoms. The maximum Gasteiger partial charge on any atom is 0.330 e. The van der Waals surface area contributed by atoms with Gasteiger partial charge in [0.25, 0.3) is 0 Å². The van der Waals surface area contributed by atoms with Crippen LogP contribution in [0.4, 0.5) is 0 Å². The Morgan fingerprint density at radius 2 is 2.12 bits per heavy atom. The standard InChI is InChI=1S/C12H19NO3S/c1-12(6-2-5-9(12)17)11(15)16-10(14)8-4-3-7-13-8/h8-9,13,17H,2-7H2,1H3/t8-,9?,12?/m0/s1. The van der Waals surface area contributed by atoms with Crippen LogP contribution in [-0.4, -0.2) is 29.8 Å². The Bertz CT molecular complexity index is 328. The van der Waals surface area contributed by atoms with E-state index in [0.717, 1.165) is 38.6 Å². The molecule has 3 atom stereocenters. The summed E-state index contributed by atoms with van der Waals surface area (Å²) in [5.74, 6) is -0.838. The summed E-state index contributed by atoms with van der Waals surface area (Å²) in [6.45, 7) is 2.66. The molecule has 96 valence electrons. The highest BCUT2D eigenvalue weighted by Gasteiger charge is 2.45. The molecule has 0 bridgehead atoms. The molecule has 2 aliphatic rings. The molecule has 1 aliphatic carbocycles. The highest BCUT2D eigenvalue weighted by atomic mass is 32.1. The lowest BCUT2D eigenvalue weighted by Gasteiger charge is -2.25. The minimum absolute atomic E-state index is 0.000614. The summed E-state index contributed by atoms with van der Waals surface area (Å²) in [5, 5.41) is 3.03. The van der Waals surface area contributed by atoms with Gasteiger partial charge in [-0.05, 0) is 39.2 Å². The van der Waals surface area contributed by atoms with Gasteiger partial charge in [-0.2, -0.15) is 12.6 Å². The summed E-state index contributed by atoms with van der Waals surface area (Å²) in [6.07, 6.45) is 4.35. The first-order chi connectivity index (χ1) is 8.04. The number of carbonyl (C=O) groups is 2. The van der Waals surface area contributed by atoms with Crippen LogP contribution in [0.5, 0.6) is 0 Å². The van der Waals surface area contributed by atoms with Crippen LogP contribution >= 0.6 is 12.6 Å². The van der Waals surface area contributed by atoms with Crippen molar-refractivity contribution < 1.29 is 14.3 Å². The van der Waals surface area contributed by atoms with Crippen molar-refractivity contribution in [3.8, 4) is 0 Å². The predicted octanol–water partition coefficient (Wildman–Crippen LogP) is 1.30. The molecule has 0 aromatic rings. The molecular formula is C12H19NO3S. The van der Waals surface area contributed by atoms with Crippen LogP contribution < -0.4 is 5.32 Å². The monoisotopic (exact) mass is 257 g/mol. The Morgan fingerprint density at radius 1 is 1.35 bits per heavy atom. The summed E-state index contributed by atoms with van der Waals surface area (Å²) >= 11 is 4.42. The van der Waals surface area contributed by atoms with Gasteiger partial charge in [-0.3, -0.25) is 4.79 Å². The van der Waals surface area contributed by atoms with Crippen molar-refractivity contribution in [2.75, 3.05) is 6.54 Å². The lowest BCUT2D eigenvalue weighted by Crippen LogP contribution is -2.40. The molecule has 2 fully saturated rings. The maximum atomic E-state index is 12.0. The van der Waals surface area contributed by atoms with E-state index < -0.39 is 17.4 Å². The second-order valence-corrected chi connectivity index (χ2v) is 5.81. The minimum atomic E-state index is -0.600. The van der Waals surface area contributed by atoms with Crippen LogP contribution in [0, 0.1) is 5.41 Å². The Hall–Kier alpha value is -0.550. The molecule has 0 aromatic heterocycles. The molecule has 17 heavy (non-hydrogen) atoms. The third kappa shape index (κ3) is 2.50. The lowest BCUT2D eigenvalue weighted by molar-refractivity contribution is -0.167. The van der Waals surface area contributed by atoms with E-state index in [0.29, 0.717) is 0 Å². The number of hydrogen-bond donors (Lipinski definition) is 2. The van der Waals surface area contributed by atoms with Gasteiger partial charge >= 0.3 is 11.9 Å². The van der Waals surface area contributed by atoms with E-state index in [-0.39, 0.29) is 11.3 Å². The van der Waals surface area contributed by atoms with E-state index in [9.17, 15) is 9.59 Å². The highest BCUT2D eigenvalue weighted by molar-refractivity contribution is 7.81. The van der Waals surface area contributed by atoms with Gasteiger partial charge in [-0.1, -0.05) is 6.42 Å². The minimum Gasteiger partial charge on any atom is -0.392 e. The fourth-order valence-electron chi connectivity index (χ4n) is 2.55. The average Bonchev–Trinajstić information content (AvgIpc) is 2.90. The second kappa shape index (κ2) is 4.98. The van der Waals surface area contributed by atoms with Gasteiger partial charge in [-0.15, -0.1) is 0 Å². The van der Waals surface area contributed by atoms with Crippen molar-refractivity contribution in [1.29, 1.82) is 0 Å². The van der Waals surface area contributed by atoms with Crippen molar-refractivity contribution in [2.24, 2.45) is 5.41 Å². The molecule has 1 aliphatic heterocycles. The molecule has 4 nitrogen and oxygen atoms in total. The van der Waals surface area contributed by atoms with Crippen molar-refractivity contribution in [1.82, 2.24) is 5.32 Å². The summed E-state index contributed by atoms with van der Waals surface area (Å²) in [5.41, 5.74) is -0.600. The molecule has 1 saturated heterocycles. The molecule has 0 aromatic carbocycles. The molecule has 0 spiro atoms. The van der Waals surface area contributed by atoms with E-state index in [1.165, 1.54) is 0 Å². The average molecular weight is 257 g/mol. The van der Waals surface area contributed by atoms with Crippen molar-refractivity contribution in [2.45, 2.75) is 50.3 Å². The van der Waals surface area contributed by atoms with Crippen molar-refractivity contribution in [3.63, 3.8) is 0 Å². The second-order valence-electron chi connectivity index (χ2n) is 5.18. The summed E-state index contributed by atoms with van der Waals surface area (Å²) in [6, 6.07) is -0.303. The van der Waals surface area contributed by atoms with E-state index in [1.54, 1.807) is 0 Å². The first kappa shape index (κ1) is 12.9. The van der Waals surface area contributed by atoms with Gasteiger partial charge in [-0.25, -0.2) is 4.79 Å². The van der Waals surface area contributed by atoms with E-state index in [4.69, 9.17) is 4.74 Å². The maximum absolute atomic E-state index is 12.0. The fraction of sp³-hybridized carbons (Fsp3) is 0.833. The topological polar surface area (TPSA) is 55.4 Å². The van der Waals surface area contributed by atoms with E-state index in [2.05, 4.69) is 17.9 Å². The van der Waals surface area contributed by atoms with Crippen LogP contribution in [0.3, 0.4) is 0 Å². The Balaban J connectivity index is 1.94. The van der Waals surface area contributed by atoms with Gasteiger partial charge in [0, 0.05) is 5.25 Å². The summed E-state index contributed by atoms with van der Waals surface area (Å²) < 4.78 is 5.00. The number of rotatable bonds is 2. The number of carbonyl (C=O) groups excluding carboxylic acids is 2. The number of ether oxygens (including phenoxy) is 1. The third-order valence-corrected chi connectivity index (χ3v) is 4.74. The normalized spacial score (nSPS) is 37.1. The molecule has 0 radical (unpaired) electrons. The van der Waals surface area contributed by atoms with Crippen LogP contribution in [0.1, 0.15) is 39.0 Å². The van der Waals surface area contributed by atoms with Gasteiger partial charge in [0.2, 0.25) is 0 Å². The first-order valence-corrected chi connectivity index (χ1v) is 6.73. The van der Waals surface area contributed by atoms with Gasteiger partial charge in [0.15, 0.2) is 0 Å². The van der Waals surface area contributed by atoms with Crippen molar-refractivity contribution in [3.05, 3.63) is 0 Å². The van der Waals surface area contributed by atoms with Crippen molar-refractivity contribution >= 4 is 24.6 Å². The molecular weight excluding hydrogens is 238 g/mol. The number of thiol groups is 1. The fourth-order valence-corrected chi connectivity index (χ4v) is 2.97. The van der Waals surface area contributed by atoms with Gasteiger partial charge < -0.3 is 10.1 Å². The molecule has 2 unspecified atom stereocenters. The number of hydrogen-bond acceptors (Lipinski definition) is 5. The van der Waals surface area contributed by atoms with Gasteiger partial charge in [0.05, 0.1) is 5.41 Å². The number of nitrogens with one attached hydrogen (secondary N) is 1. The Morgan fingerprint density at radius 3 is 2.65 bits per heavy atom. The summed E-state index contributed by atoms with van der Waals surface area (Å²) in [7, 11) is 0. The zero-order valence-electron chi connectivity index (χ0n) is 10.1. The Kier molecular flexibility index (Phi) is 3.78. The zero-order chi connectivity index (χ0) is 12.5. The number of esters is 2. The molecule has 1 heterocycles. The molecule has 1 N–H and O–H groups in total. The predicted molar refractivity (Wildman–Crippen MR) is 66.9 cm³/mol. The zero-order valence-corrected chi connectivity index (χ0v) is 11.0.